The number of para-hydroxylation sites is 1. The second-order valence-corrected chi connectivity index (χ2v) is 4.35. The van der Waals surface area contributed by atoms with E-state index >= 15 is 0 Å². The molecule has 2 heterocycles. The Morgan fingerprint density at radius 1 is 1.06 bits per heavy atom. The number of carbonyl (C=O) groups is 1. The van der Waals surface area contributed by atoms with E-state index in [0.29, 0.717) is 0 Å². The summed E-state index contributed by atoms with van der Waals surface area (Å²) in [6.45, 7) is 0. The Hall–Kier alpha value is -2.27. The number of carboxylic acids is 1. The van der Waals surface area contributed by atoms with E-state index in [-0.39, 0.29) is 5.01 Å². The van der Waals surface area contributed by atoms with Crippen LogP contribution in [0.1, 0.15) is 9.80 Å². The van der Waals surface area contributed by atoms with Gasteiger partial charge in [-0.05, 0) is 24.3 Å². The van der Waals surface area contributed by atoms with Crippen molar-refractivity contribution in [2.75, 3.05) is 0 Å². The fourth-order valence-corrected chi connectivity index (χ4v) is 2.08. The molecule has 5 heteroatoms. The third kappa shape index (κ3) is 3.11. The van der Waals surface area contributed by atoms with E-state index in [4.69, 9.17) is 5.11 Å². The standard InChI is InChI=1S/C8H5NO2S.C5H5N/c10-8(11)7-9-5-3-1-2-4-6(5)12-7;1-2-4-6-5-3-1/h1-4H,(H,10,11);1-5H. The van der Waals surface area contributed by atoms with Crippen molar-refractivity contribution in [2.45, 2.75) is 0 Å². The number of carboxylic acid groups (broad SMARTS) is 1. The summed E-state index contributed by atoms with van der Waals surface area (Å²) in [5.41, 5.74) is 0.750. The normalized spacial score (nSPS) is 9.56. The summed E-state index contributed by atoms with van der Waals surface area (Å²) in [5.74, 6) is -0.962. The second kappa shape index (κ2) is 5.88. The highest BCUT2D eigenvalue weighted by molar-refractivity contribution is 7.20. The molecule has 0 radical (unpaired) electrons. The summed E-state index contributed by atoms with van der Waals surface area (Å²) in [6, 6.07) is 13.1. The molecule has 2 aromatic heterocycles. The van der Waals surface area contributed by atoms with Gasteiger partial charge in [0.25, 0.3) is 0 Å². The number of rotatable bonds is 1. The molecule has 4 nitrogen and oxygen atoms in total. The highest BCUT2D eigenvalue weighted by Crippen LogP contribution is 2.20. The predicted molar refractivity (Wildman–Crippen MR) is 70.8 cm³/mol. The van der Waals surface area contributed by atoms with Crippen LogP contribution in [0.25, 0.3) is 10.2 Å². The molecule has 0 atom stereocenters. The maximum atomic E-state index is 10.5. The van der Waals surface area contributed by atoms with Crippen molar-refractivity contribution < 1.29 is 9.90 Å². The first-order valence-electron chi connectivity index (χ1n) is 5.21. The number of hydrogen-bond donors (Lipinski definition) is 1. The first-order chi connectivity index (χ1) is 8.77. The molecule has 0 bridgehead atoms. The van der Waals surface area contributed by atoms with Crippen LogP contribution in [0.4, 0.5) is 0 Å². The Labute approximate surface area is 108 Å². The molecule has 0 saturated heterocycles. The van der Waals surface area contributed by atoms with Gasteiger partial charge in [-0.1, -0.05) is 18.2 Å². The van der Waals surface area contributed by atoms with Gasteiger partial charge in [-0.3, -0.25) is 4.98 Å². The van der Waals surface area contributed by atoms with Crippen LogP contribution in [0.15, 0.2) is 54.9 Å². The number of pyridine rings is 1. The second-order valence-electron chi connectivity index (χ2n) is 3.32. The zero-order chi connectivity index (χ0) is 12.8. The topological polar surface area (TPSA) is 63.1 Å². The first-order valence-corrected chi connectivity index (χ1v) is 6.03. The van der Waals surface area contributed by atoms with Crippen molar-refractivity contribution in [3.63, 3.8) is 0 Å². The lowest BCUT2D eigenvalue weighted by Crippen LogP contribution is -1.93. The van der Waals surface area contributed by atoms with Gasteiger partial charge in [-0.25, -0.2) is 9.78 Å². The maximum Gasteiger partial charge on any atom is 0.365 e. The quantitative estimate of drug-likeness (QED) is 0.728. The third-order valence-corrected chi connectivity index (χ3v) is 3.07. The van der Waals surface area contributed by atoms with Gasteiger partial charge in [-0.15, -0.1) is 11.3 Å². The molecule has 90 valence electrons. The molecule has 0 aliphatic heterocycles. The van der Waals surface area contributed by atoms with Crippen molar-refractivity contribution in [2.24, 2.45) is 0 Å². The van der Waals surface area contributed by atoms with Crippen LogP contribution in [0, 0.1) is 0 Å². The van der Waals surface area contributed by atoms with Gasteiger partial charge < -0.3 is 5.11 Å². The molecule has 0 amide bonds. The van der Waals surface area contributed by atoms with Gasteiger partial charge in [0.2, 0.25) is 5.01 Å². The van der Waals surface area contributed by atoms with Gasteiger partial charge in [-0.2, -0.15) is 0 Å². The largest absolute Gasteiger partial charge is 0.476 e. The monoisotopic (exact) mass is 258 g/mol. The molecule has 1 N–H and O–H groups in total. The van der Waals surface area contributed by atoms with Gasteiger partial charge in [0.05, 0.1) is 10.2 Å². The van der Waals surface area contributed by atoms with Crippen LogP contribution >= 0.6 is 11.3 Å². The summed E-state index contributed by atoms with van der Waals surface area (Å²) in [6.07, 6.45) is 3.50. The lowest BCUT2D eigenvalue weighted by molar-refractivity contribution is 0.0696. The van der Waals surface area contributed by atoms with E-state index < -0.39 is 5.97 Å². The van der Waals surface area contributed by atoms with E-state index in [1.807, 2.05) is 36.4 Å². The van der Waals surface area contributed by atoms with Crippen molar-refractivity contribution in [1.29, 1.82) is 0 Å². The van der Waals surface area contributed by atoms with Crippen LogP contribution in [-0.4, -0.2) is 21.0 Å². The highest BCUT2D eigenvalue weighted by atomic mass is 32.1. The molecular weight excluding hydrogens is 248 g/mol. The van der Waals surface area contributed by atoms with Crippen LogP contribution in [0.3, 0.4) is 0 Å². The smallest absolute Gasteiger partial charge is 0.365 e. The Morgan fingerprint density at radius 2 is 1.78 bits per heavy atom. The van der Waals surface area contributed by atoms with E-state index in [1.165, 1.54) is 11.3 Å². The molecule has 1 aromatic carbocycles. The van der Waals surface area contributed by atoms with Crippen LogP contribution in [-0.2, 0) is 0 Å². The van der Waals surface area contributed by atoms with E-state index in [1.54, 1.807) is 18.5 Å². The Bertz CT molecular complexity index is 578. The minimum Gasteiger partial charge on any atom is -0.476 e. The van der Waals surface area contributed by atoms with Gasteiger partial charge in [0, 0.05) is 12.4 Å². The molecule has 0 spiro atoms. The number of fused-ring (bicyclic) bond motifs is 1. The SMILES string of the molecule is O=C(O)c1nc2ccccc2s1.c1ccncc1. The highest BCUT2D eigenvalue weighted by Gasteiger charge is 2.08. The van der Waals surface area contributed by atoms with Crippen LogP contribution in [0.2, 0.25) is 0 Å². The van der Waals surface area contributed by atoms with Crippen molar-refractivity contribution in [1.82, 2.24) is 9.97 Å². The summed E-state index contributed by atoms with van der Waals surface area (Å²) < 4.78 is 0.912. The molecule has 0 saturated carbocycles. The molecule has 0 unspecified atom stereocenters. The lowest BCUT2D eigenvalue weighted by Gasteiger charge is -1.80. The Balaban J connectivity index is 0.000000169. The Morgan fingerprint density at radius 3 is 2.28 bits per heavy atom. The summed E-state index contributed by atoms with van der Waals surface area (Å²) in [5, 5.41) is 8.78. The first kappa shape index (κ1) is 12.2. The fraction of sp³-hybridized carbons (Fsp3) is 0. The number of hydrogen-bond acceptors (Lipinski definition) is 4. The van der Waals surface area contributed by atoms with E-state index in [2.05, 4.69) is 9.97 Å². The molecule has 3 rings (SSSR count). The number of aromatic carboxylic acids is 1. The zero-order valence-electron chi connectivity index (χ0n) is 9.35. The average Bonchev–Trinajstić information content (AvgIpc) is 2.85. The maximum absolute atomic E-state index is 10.5. The van der Waals surface area contributed by atoms with Crippen LogP contribution in [0.5, 0.6) is 0 Å². The molecule has 3 aromatic rings. The minimum absolute atomic E-state index is 0.149. The number of aromatic nitrogens is 2. The summed E-state index contributed by atoms with van der Waals surface area (Å²) in [7, 11) is 0. The summed E-state index contributed by atoms with van der Waals surface area (Å²) >= 11 is 1.19. The lowest BCUT2D eigenvalue weighted by atomic mass is 10.3. The molecule has 0 aliphatic rings. The van der Waals surface area contributed by atoms with Crippen molar-refractivity contribution in [3.05, 3.63) is 59.9 Å². The van der Waals surface area contributed by atoms with Crippen molar-refractivity contribution >= 4 is 27.5 Å². The van der Waals surface area contributed by atoms with E-state index in [0.717, 1.165) is 10.2 Å². The molecule has 18 heavy (non-hydrogen) atoms. The number of thiazole rings is 1. The fourth-order valence-electron chi connectivity index (χ4n) is 1.28. The van der Waals surface area contributed by atoms with Gasteiger partial charge >= 0.3 is 5.97 Å². The average molecular weight is 258 g/mol. The van der Waals surface area contributed by atoms with Crippen molar-refractivity contribution in [3.8, 4) is 0 Å². The third-order valence-electron chi connectivity index (χ3n) is 2.04. The molecule has 0 fully saturated rings. The van der Waals surface area contributed by atoms with Gasteiger partial charge in [0.15, 0.2) is 0 Å². The van der Waals surface area contributed by atoms with Gasteiger partial charge in [0.1, 0.15) is 0 Å². The van der Waals surface area contributed by atoms with Crippen LogP contribution < -0.4 is 0 Å². The predicted octanol–water partition coefficient (Wildman–Crippen LogP) is 3.08. The zero-order valence-corrected chi connectivity index (χ0v) is 10.2. The Kier molecular flexibility index (Phi) is 3.98. The number of benzene rings is 1. The van der Waals surface area contributed by atoms with E-state index in [9.17, 15) is 4.79 Å². The summed E-state index contributed by atoms with van der Waals surface area (Å²) in [4.78, 5) is 18.2. The number of nitrogens with zero attached hydrogens (tertiary/aromatic N) is 2. The molecular formula is C13H10N2O2S. The minimum atomic E-state index is -0.962. The molecule has 0 aliphatic carbocycles.